The van der Waals surface area contributed by atoms with Crippen molar-refractivity contribution in [1.82, 2.24) is 9.97 Å². The van der Waals surface area contributed by atoms with Gasteiger partial charge in [0.15, 0.2) is 0 Å². The molecule has 0 atom stereocenters. The van der Waals surface area contributed by atoms with Crippen LogP contribution >= 0.6 is 11.6 Å². The Morgan fingerprint density at radius 3 is 2.88 bits per heavy atom. The van der Waals surface area contributed by atoms with Crippen LogP contribution in [0.1, 0.15) is 17.5 Å². The summed E-state index contributed by atoms with van der Waals surface area (Å²) in [7, 11) is 0. The number of aromatic amines is 1. The van der Waals surface area contributed by atoms with Crippen molar-refractivity contribution in [3.63, 3.8) is 0 Å². The summed E-state index contributed by atoms with van der Waals surface area (Å²) in [5.41, 5.74) is 2.53. The molecule has 0 aliphatic carbocycles. The van der Waals surface area contributed by atoms with Gasteiger partial charge in [-0.2, -0.15) is 0 Å². The van der Waals surface area contributed by atoms with Crippen LogP contribution < -0.4 is 0 Å². The van der Waals surface area contributed by atoms with Crippen LogP contribution in [0.5, 0.6) is 0 Å². The number of pyridine rings is 1. The first-order valence-corrected chi connectivity index (χ1v) is 5.23. The van der Waals surface area contributed by atoms with Crippen molar-refractivity contribution in [2.75, 3.05) is 0 Å². The third kappa shape index (κ3) is 1.34. The molecule has 2 aromatic heterocycles. The third-order valence-corrected chi connectivity index (χ3v) is 2.89. The van der Waals surface area contributed by atoms with E-state index in [0.29, 0.717) is 5.02 Å². The monoisotopic (exact) mass is 236 g/mol. The number of aryl methyl sites for hydroxylation is 1. The van der Waals surface area contributed by atoms with Gasteiger partial charge in [-0.3, -0.25) is 0 Å². The zero-order valence-electron chi connectivity index (χ0n) is 8.53. The largest absolute Gasteiger partial charge is 0.455 e. The SMILES string of the molecule is Cc1cc2c(Cl)c(C3OC=CO3)cnc2[nH]1. The summed E-state index contributed by atoms with van der Waals surface area (Å²) >= 11 is 6.29. The maximum atomic E-state index is 6.29. The van der Waals surface area contributed by atoms with Crippen LogP contribution in [0.4, 0.5) is 0 Å². The zero-order valence-corrected chi connectivity index (χ0v) is 9.28. The number of H-pyrrole nitrogens is 1. The summed E-state index contributed by atoms with van der Waals surface area (Å²) in [6, 6.07) is 1.95. The fourth-order valence-corrected chi connectivity index (χ4v) is 2.02. The molecule has 0 radical (unpaired) electrons. The van der Waals surface area contributed by atoms with E-state index in [9.17, 15) is 0 Å². The molecule has 5 heteroatoms. The summed E-state index contributed by atoms with van der Waals surface area (Å²) < 4.78 is 10.5. The highest BCUT2D eigenvalue weighted by molar-refractivity contribution is 6.36. The van der Waals surface area contributed by atoms with E-state index in [1.54, 1.807) is 6.20 Å². The van der Waals surface area contributed by atoms with Gasteiger partial charge in [-0.05, 0) is 13.0 Å². The van der Waals surface area contributed by atoms with Crippen molar-refractivity contribution in [1.29, 1.82) is 0 Å². The molecule has 3 rings (SSSR count). The lowest BCUT2D eigenvalue weighted by atomic mass is 10.2. The van der Waals surface area contributed by atoms with Crippen molar-refractivity contribution >= 4 is 22.6 Å². The van der Waals surface area contributed by atoms with Crippen molar-refractivity contribution in [3.8, 4) is 0 Å². The Kier molecular flexibility index (Phi) is 2.04. The van der Waals surface area contributed by atoms with Crippen LogP contribution in [0.15, 0.2) is 24.8 Å². The van der Waals surface area contributed by atoms with E-state index >= 15 is 0 Å². The van der Waals surface area contributed by atoms with Gasteiger partial charge in [-0.15, -0.1) is 0 Å². The first-order chi connectivity index (χ1) is 7.75. The second kappa shape index (κ2) is 3.42. The van der Waals surface area contributed by atoms with Crippen LogP contribution in [0.2, 0.25) is 5.02 Å². The first-order valence-electron chi connectivity index (χ1n) is 4.85. The van der Waals surface area contributed by atoms with Gasteiger partial charge < -0.3 is 14.5 Å². The van der Waals surface area contributed by atoms with Gasteiger partial charge >= 0.3 is 0 Å². The Labute approximate surface area is 96.8 Å². The lowest BCUT2D eigenvalue weighted by Gasteiger charge is -2.11. The highest BCUT2D eigenvalue weighted by Crippen LogP contribution is 2.34. The van der Waals surface area contributed by atoms with Crippen LogP contribution in [0.3, 0.4) is 0 Å². The molecule has 0 fully saturated rings. The number of rotatable bonds is 1. The van der Waals surface area contributed by atoms with Crippen molar-refractivity contribution in [2.24, 2.45) is 0 Å². The Morgan fingerprint density at radius 2 is 2.12 bits per heavy atom. The van der Waals surface area contributed by atoms with Gasteiger partial charge in [0.1, 0.15) is 18.2 Å². The third-order valence-electron chi connectivity index (χ3n) is 2.47. The smallest absolute Gasteiger partial charge is 0.269 e. The highest BCUT2D eigenvalue weighted by Gasteiger charge is 2.21. The fourth-order valence-electron chi connectivity index (χ4n) is 1.74. The number of nitrogens with one attached hydrogen (secondary N) is 1. The topological polar surface area (TPSA) is 47.1 Å². The van der Waals surface area contributed by atoms with Gasteiger partial charge in [0.2, 0.25) is 0 Å². The Balaban J connectivity index is 2.15. The van der Waals surface area contributed by atoms with Gasteiger partial charge in [0.25, 0.3) is 6.29 Å². The predicted molar refractivity (Wildman–Crippen MR) is 59.9 cm³/mol. The Bertz CT molecular complexity index is 569. The van der Waals surface area contributed by atoms with Gasteiger partial charge in [0.05, 0.1) is 10.6 Å². The minimum atomic E-state index is -0.486. The molecule has 1 aliphatic rings. The lowest BCUT2D eigenvalue weighted by Crippen LogP contribution is -1.99. The summed E-state index contributed by atoms with van der Waals surface area (Å²) in [4.78, 5) is 7.40. The maximum Gasteiger partial charge on any atom is 0.269 e. The van der Waals surface area contributed by atoms with Gasteiger partial charge in [-0.25, -0.2) is 4.98 Å². The molecule has 82 valence electrons. The second-order valence-corrected chi connectivity index (χ2v) is 4.00. The molecule has 0 aromatic carbocycles. The molecule has 0 saturated heterocycles. The minimum Gasteiger partial charge on any atom is -0.455 e. The highest BCUT2D eigenvalue weighted by atomic mass is 35.5. The molecular weight excluding hydrogens is 228 g/mol. The van der Waals surface area contributed by atoms with Gasteiger partial charge in [0, 0.05) is 17.3 Å². The van der Waals surface area contributed by atoms with E-state index in [1.807, 2.05) is 13.0 Å². The average Bonchev–Trinajstić information content (AvgIpc) is 2.86. The summed E-state index contributed by atoms with van der Waals surface area (Å²) in [6.07, 6.45) is 4.17. The number of halogens is 1. The molecule has 3 heterocycles. The van der Waals surface area contributed by atoms with E-state index in [1.165, 1.54) is 12.5 Å². The van der Waals surface area contributed by atoms with Crippen molar-refractivity contribution in [2.45, 2.75) is 13.2 Å². The number of fused-ring (bicyclic) bond motifs is 1. The van der Waals surface area contributed by atoms with Crippen LogP contribution in [-0.2, 0) is 9.47 Å². The molecule has 2 aromatic rings. The summed E-state index contributed by atoms with van der Waals surface area (Å²) in [6.45, 7) is 1.96. The van der Waals surface area contributed by atoms with Crippen LogP contribution in [0, 0.1) is 6.92 Å². The Morgan fingerprint density at radius 1 is 1.38 bits per heavy atom. The quantitative estimate of drug-likeness (QED) is 0.828. The number of aromatic nitrogens is 2. The zero-order chi connectivity index (χ0) is 11.1. The normalized spacial score (nSPS) is 15.4. The van der Waals surface area contributed by atoms with Crippen LogP contribution in [-0.4, -0.2) is 9.97 Å². The fraction of sp³-hybridized carbons (Fsp3) is 0.182. The van der Waals surface area contributed by atoms with E-state index in [-0.39, 0.29) is 0 Å². The summed E-state index contributed by atoms with van der Waals surface area (Å²) in [5.74, 6) is 0. The molecule has 0 saturated carbocycles. The molecule has 0 unspecified atom stereocenters. The first kappa shape index (κ1) is 9.54. The number of nitrogens with zero attached hydrogens (tertiary/aromatic N) is 1. The minimum absolute atomic E-state index is 0.486. The molecule has 1 N–H and O–H groups in total. The molecule has 4 nitrogen and oxygen atoms in total. The predicted octanol–water partition coefficient (Wildman–Crippen LogP) is 3.04. The number of hydrogen-bond acceptors (Lipinski definition) is 3. The molecule has 16 heavy (non-hydrogen) atoms. The van der Waals surface area contributed by atoms with E-state index < -0.39 is 6.29 Å². The number of hydrogen-bond donors (Lipinski definition) is 1. The van der Waals surface area contributed by atoms with E-state index in [4.69, 9.17) is 21.1 Å². The van der Waals surface area contributed by atoms with Crippen LogP contribution in [0.25, 0.3) is 11.0 Å². The maximum absolute atomic E-state index is 6.29. The van der Waals surface area contributed by atoms with E-state index in [2.05, 4.69) is 9.97 Å². The van der Waals surface area contributed by atoms with E-state index in [0.717, 1.165) is 22.3 Å². The van der Waals surface area contributed by atoms with Gasteiger partial charge in [-0.1, -0.05) is 11.6 Å². The van der Waals surface area contributed by atoms with Crippen molar-refractivity contribution in [3.05, 3.63) is 41.1 Å². The standard InChI is InChI=1S/C11H9ClN2O2/c1-6-4-7-9(12)8(5-13-10(7)14-6)11-15-2-3-16-11/h2-5,11H,1H3,(H,13,14). The molecule has 0 bridgehead atoms. The second-order valence-electron chi connectivity index (χ2n) is 3.62. The molecule has 0 spiro atoms. The molecule has 1 aliphatic heterocycles. The lowest BCUT2D eigenvalue weighted by molar-refractivity contribution is -0.0246. The number of ether oxygens (including phenoxy) is 2. The van der Waals surface area contributed by atoms with Crippen molar-refractivity contribution < 1.29 is 9.47 Å². The molecular formula is C11H9ClN2O2. The average molecular weight is 237 g/mol. The Hall–Kier alpha value is -1.68. The summed E-state index contributed by atoms with van der Waals surface area (Å²) in [5, 5.41) is 1.50. The molecule has 0 amide bonds.